The third-order valence-corrected chi connectivity index (χ3v) is 5.06. The molecule has 6 heteroatoms. The van der Waals surface area contributed by atoms with Gasteiger partial charge in [0.1, 0.15) is 0 Å². The maximum absolute atomic E-state index is 13.1. The van der Waals surface area contributed by atoms with Crippen molar-refractivity contribution in [2.45, 2.75) is 44.9 Å². The van der Waals surface area contributed by atoms with Gasteiger partial charge in [-0.15, -0.1) is 0 Å². The van der Waals surface area contributed by atoms with Gasteiger partial charge in [-0.05, 0) is 25.7 Å². The van der Waals surface area contributed by atoms with E-state index >= 15 is 0 Å². The van der Waals surface area contributed by atoms with E-state index in [0.717, 1.165) is 37.9 Å². The molecule has 1 fully saturated rings. The number of rotatable bonds is 6. The molecule has 1 aliphatic rings. The first-order chi connectivity index (χ1) is 13.2. The first kappa shape index (κ1) is 19.1. The highest BCUT2D eigenvalue weighted by Crippen LogP contribution is 2.30. The van der Waals surface area contributed by atoms with Gasteiger partial charge in [0.15, 0.2) is 0 Å². The fourth-order valence-corrected chi connectivity index (χ4v) is 3.68. The lowest BCUT2D eigenvalue weighted by atomic mass is 9.91. The summed E-state index contributed by atoms with van der Waals surface area (Å²) in [6, 6.07) is 9.59. The van der Waals surface area contributed by atoms with E-state index in [1.165, 1.54) is 13.5 Å². The minimum absolute atomic E-state index is 0.256. The molecule has 144 valence electrons. The van der Waals surface area contributed by atoms with Crippen LogP contribution in [0.2, 0.25) is 0 Å². The average molecular weight is 369 g/mol. The van der Waals surface area contributed by atoms with E-state index in [0.29, 0.717) is 23.6 Å². The standard InChI is InChI=1S/C21H27N3O3/c1-3-10-16(20(26)27-2)17-18(15-11-6-4-7-12-15)22-21(23-19(17)25)24-13-8-5-9-14-24/h4,6-7,11-12,16H,3,5,8-10,13-14H2,1-2H3,(H,22,23,25). The first-order valence-electron chi connectivity index (χ1n) is 9.68. The van der Waals surface area contributed by atoms with E-state index in [1.807, 2.05) is 37.3 Å². The van der Waals surface area contributed by atoms with Gasteiger partial charge in [0, 0.05) is 18.7 Å². The fourth-order valence-electron chi connectivity index (χ4n) is 3.68. The Morgan fingerprint density at radius 2 is 1.93 bits per heavy atom. The number of aromatic amines is 1. The monoisotopic (exact) mass is 369 g/mol. The Labute approximate surface area is 159 Å². The van der Waals surface area contributed by atoms with Crippen LogP contribution in [0.4, 0.5) is 5.95 Å². The van der Waals surface area contributed by atoms with Crippen molar-refractivity contribution in [2.75, 3.05) is 25.1 Å². The lowest BCUT2D eigenvalue weighted by Gasteiger charge is -2.28. The molecule has 0 radical (unpaired) electrons. The molecule has 2 heterocycles. The number of anilines is 1. The van der Waals surface area contributed by atoms with Crippen LogP contribution in [0.5, 0.6) is 0 Å². The molecule has 0 aliphatic carbocycles. The number of ether oxygens (including phenoxy) is 1. The van der Waals surface area contributed by atoms with Crippen molar-refractivity contribution < 1.29 is 9.53 Å². The lowest BCUT2D eigenvalue weighted by Crippen LogP contribution is -2.34. The molecule has 0 saturated carbocycles. The third-order valence-electron chi connectivity index (χ3n) is 5.06. The predicted octanol–water partition coefficient (Wildman–Crippen LogP) is 3.48. The highest BCUT2D eigenvalue weighted by Gasteiger charge is 2.29. The Bertz CT molecular complexity index is 826. The van der Waals surface area contributed by atoms with Crippen LogP contribution >= 0.6 is 0 Å². The Hall–Kier alpha value is -2.63. The van der Waals surface area contributed by atoms with Crippen LogP contribution in [0, 0.1) is 0 Å². The van der Waals surface area contributed by atoms with Crippen LogP contribution < -0.4 is 10.5 Å². The molecule has 1 aromatic heterocycles. The number of nitrogens with zero attached hydrogens (tertiary/aromatic N) is 2. The lowest BCUT2D eigenvalue weighted by molar-refractivity contribution is -0.142. The number of benzene rings is 1. The maximum Gasteiger partial charge on any atom is 0.313 e. The van der Waals surface area contributed by atoms with Gasteiger partial charge in [-0.1, -0.05) is 43.7 Å². The summed E-state index contributed by atoms with van der Waals surface area (Å²) in [5, 5.41) is 0. The number of H-pyrrole nitrogens is 1. The van der Waals surface area contributed by atoms with Crippen LogP contribution in [-0.4, -0.2) is 36.1 Å². The predicted molar refractivity (Wildman–Crippen MR) is 106 cm³/mol. The zero-order valence-electron chi connectivity index (χ0n) is 16.0. The van der Waals surface area contributed by atoms with Crippen LogP contribution in [0.25, 0.3) is 11.3 Å². The van der Waals surface area contributed by atoms with E-state index in [9.17, 15) is 9.59 Å². The average Bonchev–Trinajstić information content (AvgIpc) is 2.72. The van der Waals surface area contributed by atoms with Gasteiger partial charge >= 0.3 is 5.97 Å². The van der Waals surface area contributed by atoms with Gasteiger partial charge < -0.3 is 9.64 Å². The van der Waals surface area contributed by atoms with Crippen molar-refractivity contribution >= 4 is 11.9 Å². The second kappa shape index (κ2) is 8.84. The summed E-state index contributed by atoms with van der Waals surface area (Å²) in [5.41, 5.74) is 1.55. The molecule has 6 nitrogen and oxygen atoms in total. The molecule has 2 aromatic rings. The minimum atomic E-state index is -0.623. The van der Waals surface area contributed by atoms with Crippen LogP contribution in [-0.2, 0) is 9.53 Å². The quantitative estimate of drug-likeness (QED) is 0.789. The van der Waals surface area contributed by atoms with E-state index in [1.54, 1.807) is 0 Å². The molecular formula is C21H27N3O3. The summed E-state index contributed by atoms with van der Waals surface area (Å²) in [4.78, 5) is 35.3. The summed E-state index contributed by atoms with van der Waals surface area (Å²) < 4.78 is 4.98. The van der Waals surface area contributed by atoms with E-state index < -0.39 is 11.9 Å². The van der Waals surface area contributed by atoms with Crippen molar-refractivity contribution in [3.05, 3.63) is 46.2 Å². The van der Waals surface area contributed by atoms with Crippen molar-refractivity contribution in [3.63, 3.8) is 0 Å². The molecule has 1 aromatic carbocycles. The Balaban J connectivity index is 2.16. The number of piperidine rings is 1. The summed E-state index contributed by atoms with van der Waals surface area (Å²) in [6.45, 7) is 3.75. The minimum Gasteiger partial charge on any atom is -0.469 e. The van der Waals surface area contributed by atoms with Gasteiger partial charge in [-0.3, -0.25) is 14.6 Å². The Morgan fingerprint density at radius 3 is 2.56 bits per heavy atom. The number of hydrogen-bond acceptors (Lipinski definition) is 5. The fraction of sp³-hybridized carbons (Fsp3) is 0.476. The molecule has 1 atom stereocenters. The smallest absolute Gasteiger partial charge is 0.313 e. The first-order valence-corrected chi connectivity index (χ1v) is 9.68. The van der Waals surface area contributed by atoms with Gasteiger partial charge in [-0.2, -0.15) is 0 Å². The van der Waals surface area contributed by atoms with E-state index in [4.69, 9.17) is 9.72 Å². The maximum atomic E-state index is 13.1. The van der Waals surface area contributed by atoms with E-state index in [-0.39, 0.29) is 5.56 Å². The molecule has 27 heavy (non-hydrogen) atoms. The van der Waals surface area contributed by atoms with Gasteiger partial charge in [-0.25, -0.2) is 4.98 Å². The molecule has 1 unspecified atom stereocenters. The summed E-state index contributed by atoms with van der Waals surface area (Å²) in [6.07, 6.45) is 4.69. The summed E-state index contributed by atoms with van der Waals surface area (Å²) in [5.74, 6) is -0.434. The highest BCUT2D eigenvalue weighted by atomic mass is 16.5. The van der Waals surface area contributed by atoms with Crippen molar-refractivity contribution in [3.8, 4) is 11.3 Å². The molecule has 0 amide bonds. The summed E-state index contributed by atoms with van der Waals surface area (Å²) >= 11 is 0. The SMILES string of the molecule is CCCC(C(=O)OC)c1c(-c2ccccc2)nc(N2CCCCC2)[nH]c1=O. The van der Waals surface area contributed by atoms with Crippen LogP contribution in [0.3, 0.4) is 0 Å². The summed E-state index contributed by atoms with van der Waals surface area (Å²) in [7, 11) is 1.36. The molecule has 3 rings (SSSR count). The number of esters is 1. The molecule has 1 N–H and O–H groups in total. The molecule has 0 bridgehead atoms. The van der Waals surface area contributed by atoms with E-state index in [2.05, 4.69) is 9.88 Å². The van der Waals surface area contributed by atoms with Crippen molar-refractivity contribution in [1.29, 1.82) is 0 Å². The molecule has 1 saturated heterocycles. The molecule has 0 spiro atoms. The Morgan fingerprint density at radius 1 is 1.22 bits per heavy atom. The van der Waals surface area contributed by atoms with Crippen molar-refractivity contribution in [1.82, 2.24) is 9.97 Å². The zero-order chi connectivity index (χ0) is 19.2. The van der Waals surface area contributed by atoms with Crippen LogP contribution in [0.15, 0.2) is 35.1 Å². The molecular weight excluding hydrogens is 342 g/mol. The van der Waals surface area contributed by atoms with Crippen molar-refractivity contribution in [2.24, 2.45) is 0 Å². The number of hydrogen-bond donors (Lipinski definition) is 1. The number of carbonyl (C=O) groups is 1. The Kier molecular flexibility index (Phi) is 6.27. The second-order valence-corrected chi connectivity index (χ2v) is 6.93. The normalized spacial score (nSPS) is 15.4. The number of methoxy groups -OCH3 is 1. The van der Waals surface area contributed by atoms with Gasteiger partial charge in [0.25, 0.3) is 5.56 Å². The second-order valence-electron chi connectivity index (χ2n) is 6.93. The van der Waals surface area contributed by atoms with Gasteiger partial charge in [0.05, 0.1) is 24.3 Å². The van der Waals surface area contributed by atoms with Gasteiger partial charge in [0.2, 0.25) is 5.95 Å². The van der Waals surface area contributed by atoms with Crippen LogP contribution in [0.1, 0.15) is 50.5 Å². The number of nitrogens with one attached hydrogen (secondary N) is 1. The number of aromatic nitrogens is 2. The molecule has 1 aliphatic heterocycles. The number of carbonyl (C=O) groups excluding carboxylic acids is 1. The zero-order valence-corrected chi connectivity index (χ0v) is 16.0. The topological polar surface area (TPSA) is 75.3 Å². The third kappa shape index (κ3) is 4.21. The largest absolute Gasteiger partial charge is 0.469 e. The highest BCUT2D eigenvalue weighted by molar-refractivity contribution is 5.81.